The lowest BCUT2D eigenvalue weighted by atomic mass is 9.96. The van der Waals surface area contributed by atoms with Crippen LogP contribution in [0, 0.1) is 5.92 Å². The van der Waals surface area contributed by atoms with E-state index in [0.717, 1.165) is 25.7 Å². The van der Waals surface area contributed by atoms with Gasteiger partial charge in [0.1, 0.15) is 0 Å². The second kappa shape index (κ2) is 6.57. The molecule has 4 heteroatoms. The fourth-order valence-corrected chi connectivity index (χ4v) is 3.98. The molecule has 2 saturated heterocycles. The Bertz CT molecular complexity index is 494. The number of fused-ring (bicyclic) bond motifs is 1. The highest BCUT2D eigenvalue weighted by Crippen LogP contribution is 2.30. The highest BCUT2D eigenvalue weighted by Gasteiger charge is 2.27. The van der Waals surface area contributed by atoms with Crippen LogP contribution in [0.2, 0.25) is 0 Å². The third kappa shape index (κ3) is 3.14. The van der Waals surface area contributed by atoms with Gasteiger partial charge in [-0.3, -0.25) is 4.90 Å². The van der Waals surface area contributed by atoms with E-state index in [4.69, 9.17) is 9.47 Å². The molecular weight excluding hydrogens is 276 g/mol. The van der Waals surface area contributed by atoms with Gasteiger partial charge in [-0.15, -0.1) is 0 Å². The Morgan fingerprint density at radius 3 is 2.55 bits per heavy atom. The van der Waals surface area contributed by atoms with E-state index in [2.05, 4.69) is 34.1 Å². The van der Waals surface area contributed by atoms with Crippen molar-refractivity contribution in [2.24, 2.45) is 5.92 Å². The van der Waals surface area contributed by atoms with Gasteiger partial charge in [-0.1, -0.05) is 18.2 Å². The number of rotatable bonds is 4. The second-order valence-corrected chi connectivity index (χ2v) is 6.74. The van der Waals surface area contributed by atoms with Crippen molar-refractivity contribution in [3.8, 4) is 0 Å². The van der Waals surface area contributed by atoms with Gasteiger partial charge in [0.15, 0.2) is 6.29 Å². The van der Waals surface area contributed by atoms with Crippen molar-refractivity contribution in [3.05, 3.63) is 29.8 Å². The predicted octanol–water partition coefficient (Wildman–Crippen LogP) is 2.13. The van der Waals surface area contributed by atoms with Crippen molar-refractivity contribution < 1.29 is 9.47 Å². The molecule has 1 aromatic carbocycles. The second-order valence-electron chi connectivity index (χ2n) is 6.74. The van der Waals surface area contributed by atoms with Crippen LogP contribution in [0.25, 0.3) is 0 Å². The van der Waals surface area contributed by atoms with E-state index in [1.54, 1.807) is 0 Å². The molecule has 3 aliphatic rings. The summed E-state index contributed by atoms with van der Waals surface area (Å²) in [6.45, 7) is 7.25. The molecule has 0 amide bonds. The van der Waals surface area contributed by atoms with Crippen LogP contribution in [0.15, 0.2) is 24.3 Å². The summed E-state index contributed by atoms with van der Waals surface area (Å²) >= 11 is 0. The molecule has 4 nitrogen and oxygen atoms in total. The quantitative estimate of drug-likeness (QED) is 0.851. The molecule has 3 heterocycles. The highest BCUT2D eigenvalue weighted by molar-refractivity contribution is 5.57. The molecule has 0 bridgehead atoms. The topological polar surface area (TPSA) is 24.9 Å². The first kappa shape index (κ1) is 14.5. The number of para-hydroxylation sites is 1. The number of hydrogen-bond acceptors (Lipinski definition) is 4. The third-order valence-corrected chi connectivity index (χ3v) is 5.27. The lowest BCUT2D eigenvalue weighted by Gasteiger charge is -2.35. The summed E-state index contributed by atoms with van der Waals surface area (Å²) in [5.41, 5.74) is 2.99. The average Bonchev–Trinajstić information content (AvgIpc) is 3.20. The van der Waals surface area contributed by atoms with E-state index in [-0.39, 0.29) is 6.29 Å². The number of benzene rings is 1. The first-order chi connectivity index (χ1) is 10.9. The standard InChI is InChI=1S/C18H26N2O2/c1-2-4-17-16(3-1)7-10-20(17)13-15-5-8-19(9-6-15)14-18-21-11-12-22-18/h1-4,15,18H,5-14H2. The van der Waals surface area contributed by atoms with Gasteiger partial charge in [0.2, 0.25) is 0 Å². The zero-order chi connectivity index (χ0) is 14.8. The summed E-state index contributed by atoms with van der Waals surface area (Å²) in [5, 5.41) is 0. The number of piperidine rings is 1. The molecule has 0 saturated carbocycles. The van der Waals surface area contributed by atoms with Crippen LogP contribution >= 0.6 is 0 Å². The van der Waals surface area contributed by atoms with Gasteiger partial charge in [0, 0.05) is 25.3 Å². The molecule has 0 N–H and O–H groups in total. The van der Waals surface area contributed by atoms with Gasteiger partial charge >= 0.3 is 0 Å². The minimum absolute atomic E-state index is 0.0157. The smallest absolute Gasteiger partial charge is 0.170 e. The Morgan fingerprint density at radius 2 is 1.73 bits per heavy atom. The van der Waals surface area contributed by atoms with Crippen molar-refractivity contribution in [1.82, 2.24) is 4.90 Å². The van der Waals surface area contributed by atoms with E-state index in [0.29, 0.717) is 0 Å². The molecule has 120 valence electrons. The third-order valence-electron chi connectivity index (χ3n) is 5.27. The van der Waals surface area contributed by atoms with Gasteiger partial charge in [0.25, 0.3) is 0 Å². The van der Waals surface area contributed by atoms with Crippen molar-refractivity contribution in [1.29, 1.82) is 0 Å². The molecule has 0 unspecified atom stereocenters. The summed E-state index contributed by atoms with van der Waals surface area (Å²) in [5.74, 6) is 0.827. The van der Waals surface area contributed by atoms with E-state index < -0.39 is 0 Å². The number of nitrogens with zero attached hydrogens (tertiary/aromatic N) is 2. The maximum atomic E-state index is 5.56. The molecule has 0 aliphatic carbocycles. The molecular formula is C18H26N2O2. The molecule has 3 aliphatic heterocycles. The van der Waals surface area contributed by atoms with E-state index in [1.165, 1.54) is 56.7 Å². The van der Waals surface area contributed by atoms with E-state index in [1.807, 2.05) is 0 Å². The van der Waals surface area contributed by atoms with E-state index in [9.17, 15) is 0 Å². The first-order valence-corrected chi connectivity index (χ1v) is 8.67. The van der Waals surface area contributed by atoms with Crippen LogP contribution in [-0.2, 0) is 15.9 Å². The number of anilines is 1. The largest absolute Gasteiger partial charge is 0.371 e. The predicted molar refractivity (Wildman–Crippen MR) is 87.2 cm³/mol. The minimum atomic E-state index is 0.0157. The van der Waals surface area contributed by atoms with Crippen molar-refractivity contribution in [2.75, 3.05) is 50.8 Å². The van der Waals surface area contributed by atoms with Gasteiger partial charge in [-0.25, -0.2) is 0 Å². The normalized spacial score (nSPS) is 24.1. The SMILES string of the molecule is c1ccc2c(c1)CCN2CC1CCN(CC2OCCO2)CC1. The molecule has 4 rings (SSSR count). The Labute approximate surface area is 133 Å². The fraction of sp³-hybridized carbons (Fsp3) is 0.667. The van der Waals surface area contributed by atoms with Gasteiger partial charge in [0.05, 0.1) is 13.2 Å². The van der Waals surface area contributed by atoms with Crippen LogP contribution in [0.4, 0.5) is 5.69 Å². The summed E-state index contributed by atoms with van der Waals surface area (Å²) in [6.07, 6.45) is 3.82. The van der Waals surface area contributed by atoms with Crippen LogP contribution in [0.3, 0.4) is 0 Å². The average molecular weight is 302 g/mol. The molecule has 2 fully saturated rings. The molecule has 1 aromatic rings. The zero-order valence-corrected chi connectivity index (χ0v) is 13.2. The molecule has 0 aromatic heterocycles. The Balaban J connectivity index is 1.26. The molecule has 0 spiro atoms. The van der Waals surface area contributed by atoms with Crippen LogP contribution in [-0.4, -0.2) is 57.1 Å². The van der Waals surface area contributed by atoms with Crippen molar-refractivity contribution in [2.45, 2.75) is 25.6 Å². The van der Waals surface area contributed by atoms with Crippen LogP contribution in [0.1, 0.15) is 18.4 Å². The summed E-state index contributed by atoms with van der Waals surface area (Å²) in [6, 6.07) is 8.89. The van der Waals surface area contributed by atoms with Crippen molar-refractivity contribution in [3.63, 3.8) is 0 Å². The summed E-state index contributed by atoms with van der Waals surface area (Å²) in [7, 11) is 0. The number of ether oxygens (including phenoxy) is 2. The maximum absolute atomic E-state index is 5.56. The van der Waals surface area contributed by atoms with Gasteiger partial charge in [-0.2, -0.15) is 0 Å². The fourth-order valence-electron chi connectivity index (χ4n) is 3.98. The lowest BCUT2D eigenvalue weighted by Crippen LogP contribution is -2.41. The summed E-state index contributed by atoms with van der Waals surface area (Å²) in [4.78, 5) is 5.10. The lowest BCUT2D eigenvalue weighted by molar-refractivity contribution is -0.0658. The first-order valence-electron chi connectivity index (χ1n) is 8.67. The maximum Gasteiger partial charge on any atom is 0.170 e. The Hall–Kier alpha value is -1.10. The monoisotopic (exact) mass is 302 g/mol. The van der Waals surface area contributed by atoms with Crippen molar-refractivity contribution >= 4 is 5.69 Å². The van der Waals surface area contributed by atoms with Gasteiger partial charge < -0.3 is 14.4 Å². The molecule has 0 radical (unpaired) electrons. The van der Waals surface area contributed by atoms with E-state index >= 15 is 0 Å². The summed E-state index contributed by atoms with van der Waals surface area (Å²) < 4.78 is 11.1. The molecule has 22 heavy (non-hydrogen) atoms. The highest BCUT2D eigenvalue weighted by atomic mass is 16.7. The van der Waals surface area contributed by atoms with Gasteiger partial charge in [-0.05, 0) is 49.9 Å². The Kier molecular flexibility index (Phi) is 4.33. The number of hydrogen-bond donors (Lipinski definition) is 0. The Morgan fingerprint density at radius 1 is 0.955 bits per heavy atom. The van der Waals surface area contributed by atoms with Crippen LogP contribution in [0.5, 0.6) is 0 Å². The molecule has 0 atom stereocenters. The minimum Gasteiger partial charge on any atom is -0.371 e. The number of likely N-dealkylation sites (tertiary alicyclic amines) is 1. The zero-order valence-electron chi connectivity index (χ0n) is 13.2. The van der Waals surface area contributed by atoms with Crippen LogP contribution < -0.4 is 4.90 Å².